The Morgan fingerprint density at radius 2 is 0.833 bits per heavy atom. The van der Waals surface area contributed by atoms with E-state index in [0.29, 0.717) is 11.1 Å². The second-order valence-electron chi connectivity index (χ2n) is 10.6. The normalized spacial score (nSPS) is 11.8. The Labute approximate surface area is 275 Å². The molecule has 0 aromatic heterocycles. The van der Waals surface area contributed by atoms with Crippen LogP contribution in [-0.4, -0.2) is 58.0 Å². The third kappa shape index (κ3) is 10.4. The Morgan fingerprint density at radius 1 is 0.500 bits per heavy atom. The van der Waals surface area contributed by atoms with Crippen molar-refractivity contribution in [2.24, 2.45) is 0 Å². The van der Waals surface area contributed by atoms with Gasteiger partial charge in [0.25, 0.3) is 11.8 Å². The zero-order chi connectivity index (χ0) is 34.5. The number of rotatable bonds is 15. The van der Waals surface area contributed by atoms with Crippen LogP contribution in [0.15, 0.2) is 109 Å². The van der Waals surface area contributed by atoms with Crippen LogP contribution in [0, 0.1) is 0 Å². The Morgan fingerprint density at radius 3 is 1.15 bits per heavy atom. The third-order valence-corrected chi connectivity index (χ3v) is 7.06. The maximum Gasteiger partial charge on any atom is 0.326 e. The van der Waals surface area contributed by atoms with Gasteiger partial charge in [0.05, 0.1) is 12.8 Å². The number of hydrogen-bond donors (Lipinski definition) is 4. The van der Waals surface area contributed by atoms with Crippen LogP contribution in [-0.2, 0) is 41.9 Å². The molecule has 4 aromatic carbocycles. The van der Waals surface area contributed by atoms with Gasteiger partial charge in [-0.05, 0) is 46.5 Å². The molecule has 2 amide bonds. The highest BCUT2D eigenvalue weighted by molar-refractivity contribution is 5.99. The molecule has 0 spiro atoms. The molecule has 2 unspecified atom stereocenters. The highest BCUT2D eigenvalue weighted by Crippen LogP contribution is 2.21. The predicted octanol–water partition coefficient (Wildman–Crippen LogP) is 3.99. The second kappa shape index (κ2) is 16.9. The van der Waals surface area contributed by atoms with E-state index in [2.05, 4.69) is 10.6 Å². The van der Waals surface area contributed by atoms with Crippen molar-refractivity contribution in [2.45, 2.75) is 38.1 Å². The highest BCUT2D eigenvalue weighted by atomic mass is 16.5. The first-order valence-corrected chi connectivity index (χ1v) is 14.8. The molecular formula is C36H32N2O10. The fourth-order valence-electron chi connectivity index (χ4n) is 4.44. The summed E-state index contributed by atoms with van der Waals surface area (Å²) >= 11 is 0. The number of hydrogen-bond acceptors (Lipinski definition) is 8. The number of ether oxygens (including phenoxy) is 2. The van der Waals surface area contributed by atoms with E-state index >= 15 is 0 Å². The summed E-state index contributed by atoms with van der Waals surface area (Å²) < 4.78 is 10.3. The molecule has 0 saturated carbocycles. The number of carbonyl (C=O) groups excluding carboxylic acids is 4. The van der Waals surface area contributed by atoms with Crippen molar-refractivity contribution in [3.63, 3.8) is 0 Å². The number of benzene rings is 4. The van der Waals surface area contributed by atoms with Crippen LogP contribution in [0.3, 0.4) is 0 Å². The number of carboxylic acid groups (broad SMARTS) is 2. The Balaban J connectivity index is 1.29. The van der Waals surface area contributed by atoms with Crippen molar-refractivity contribution in [2.75, 3.05) is 0 Å². The number of carbonyl (C=O) groups is 6. The smallest absolute Gasteiger partial charge is 0.326 e. The van der Waals surface area contributed by atoms with Crippen molar-refractivity contribution in [3.8, 4) is 11.1 Å². The molecule has 0 bridgehead atoms. The summed E-state index contributed by atoms with van der Waals surface area (Å²) in [5.74, 6) is -5.74. The summed E-state index contributed by atoms with van der Waals surface area (Å²) in [6, 6.07) is 27.1. The number of nitrogens with one attached hydrogen (secondary N) is 2. The van der Waals surface area contributed by atoms with Gasteiger partial charge in [-0.2, -0.15) is 0 Å². The van der Waals surface area contributed by atoms with Crippen LogP contribution in [0.2, 0.25) is 0 Å². The number of esters is 2. The van der Waals surface area contributed by atoms with E-state index in [9.17, 15) is 39.0 Å². The first-order chi connectivity index (χ1) is 23.1. The van der Waals surface area contributed by atoms with Gasteiger partial charge in [-0.15, -0.1) is 0 Å². The Kier molecular flexibility index (Phi) is 12.1. The lowest BCUT2D eigenvalue weighted by Gasteiger charge is -2.15. The first-order valence-electron chi connectivity index (χ1n) is 14.8. The predicted molar refractivity (Wildman–Crippen MR) is 171 cm³/mol. The molecule has 4 aromatic rings. The van der Waals surface area contributed by atoms with Crippen molar-refractivity contribution in [1.29, 1.82) is 0 Å². The zero-order valence-electron chi connectivity index (χ0n) is 25.5. The maximum absolute atomic E-state index is 12.8. The van der Waals surface area contributed by atoms with Gasteiger partial charge in [0.15, 0.2) is 0 Å². The molecule has 48 heavy (non-hydrogen) atoms. The molecular weight excluding hydrogens is 620 g/mol. The molecule has 0 aliphatic carbocycles. The molecule has 12 nitrogen and oxygen atoms in total. The van der Waals surface area contributed by atoms with Gasteiger partial charge in [-0.25, -0.2) is 9.59 Å². The Hall–Kier alpha value is -6.30. The Bertz CT molecular complexity index is 1610. The lowest BCUT2D eigenvalue weighted by Crippen LogP contribution is -2.42. The van der Waals surface area contributed by atoms with Crippen molar-refractivity contribution in [3.05, 3.63) is 131 Å². The van der Waals surface area contributed by atoms with Crippen molar-refractivity contribution < 1.29 is 48.5 Å². The number of aliphatic carboxylic acids is 2. The van der Waals surface area contributed by atoms with E-state index in [1.54, 1.807) is 72.8 Å². The van der Waals surface area contributed by atoms with Gasteiger partial charge in [0.2, 0.25) is 0 Å². The third-order valence-electron chi connectivity index (χ3n) is 7.06. The molecule has 0 radical (unpaired) electrons. The van der Waals surface area contributed by atoms with E-state index in [1.165, 1.54) is 24.3 Å². The fraction of sp³-hybridized carbons (Fsp3) is 0.167. The summed E-state index contributed by atoms with van der Waals surface area (Å²) in [7, 11) is 0. The largest absolute Gasteiger partial charge is 0.480 e. The summed E-state index contributed by atoms with van der Waals surface area (Å²) in [4.78, 5) is 73.3. The van der Waals surface area contributed by atoms with Crippen LogP contribution in [0.25, 0.3) is 11.1 Å². The molecule has 0 saturated heterocycles. The van der Waals surface area contributed by atoms with E-state index in [-0.39, 0.29) is 24.3 Å². The number of amides is 2. The molecule has 0 aliphatic rings. The molecule has 0 fully saturated rings. The average Bonchev–Trinajstić information content (AvgIpc) is 3.10. The lowest BCUT2D eigenvalue weighted by molar-refractivity contribution is -0.150. The van der Waals surface area contributed by atoms with E-state index in [1.807, 2.05) is 12.1 Å². The average molecular weight is 653 g/mol. The van der Waals surface area contributed by atoms with E-state index in [4.69, 9.17) is 9.47 Å². The first kappa shape index (κ1) is 34.6. The van der Waals surface area contributed by atoms with Crippen LogP contribution in [0.1, 0.15) is 44.7 Å². The maximum atomic E-state index is 12.8. The van der Waals surface area contributed by atoms with Gasteiger partial charge in [0, 0.05) is 11.1 Å². The van der Waals surface area contributed by atoms with Gasteiger partial charge in [-0.1, -0.05) is 84.9 Å². The van der Waals surface area contributed by atoms with Crippen LogP contribution >= 0.6 is 0 Å². The molecule has 0 heterocycles. The molecule has 4 N–H and O–H groups in total. The SMILES string of the molecule is O=C(CC(NC(=O)c1ccc(-c2ccc(C(=O)NC(CC(=O)OCc3ccccc3)C(=O)O)cc2)cc1)C(=O)O)OCc1ccccc1. The summed E-state index contributed by atoms with van der Waals surface area (Å²) in [6.07, 6.45) is -1.12. The van der Waals surface area contributed by atoms with Crippen LogP contribution in [0.5, 0.6) is 0 Å². The topological polar surface area (TPSA) is 185 Å². The zero-order valence-corrected chi connectivity index (χ0v) is 25.5. The quantitative estimate of drug-likeness (QED) is 0.137. The minimum absolute atomic E-state index is 0.0259. The van der Waals surface area contributed by atoms with Crippen molar-refractivity contribution in [1.82, 2.24) is 10.6 Å². The summed E-state index contributed by atoms with van der Waals surface area (Å²) in [5.41, 5.74) is 3.12. The lowest BCUT2D eigenvalue weighted by atomic mass is 10.0. The monoisotopic (exact) mass is 652 g/mol. The summed E-state index contributed by atoms with van der Waals surface area (Å²) in [6.45, 7) is -0.0517. The van der Waals surface area contributed by atoms with Gasteiger partial charge in [-0.3, -0.25) is 19.2 Å². The number of carboxylic acids is 2. The van der Waals surface area contributed by atoms with Crippen molar-refractivity contribution >= 4 is 35.7 Å². The standard InChI is InChI=1S/C36H32N2O10/c39-31(47-21-23-7-3-1-4-8-23)19-29(35(43)44)37-33(41)27-15-11-25(12-16-27)26-13-17-28(18-14-26)34(42)38-30(36(45)46)20-32(40)48-22-24-9-5-2-6-10-24/h1-18,29-30H,19-22H2,(H,37,41)(H,38,42)(H,43,44)(H,45,46). The van der Waals surface area contributed by atoms with Gasteiger partial charge in [0.1, 0.15) is 25.3 Å². The molecule has 246 valence electrons. The molecule has 0 aliphatic heterocycles. The molecule has 2 atom stereocenters. The second-order valence-corrected chi connectivity index (χ2v) is 10.6. The van der Waals surface area contributed by atoms with Crippen LogP contribution in [0.4, 0.5) is 0 Å². The molecule has 12 heteroatoms. The summed E-state index contributed by atoms with van der Waals surface area (Å²) in [5, 5.41) is 23.7. The van der Waals surface area contributed by atoms with E-state index in [0.717, 1.165) is 11.1 Å². The van der Waals surface area contributed by atoms with Crippen LogP contribution < -0.4 is 10.6 Å². The fourth-order valence-corrected chi connectivity index (χ4v) is 4.44. The van der Waals surface area contributed by atoms with E-state index < -0.39 is 60.6 Å². The minimum Gasteiger partial charge on any atom is -0.480 e. The van der Waals surface area contributed by atoms with Gasteiger partial charge < -0.3 is 30.3 Å². The minimum atomic E-state index is -1.50. The van der Waals surface area contributed by atoms with Gasteiger partial charge >= 0.3 is 23.9 Å². The highest BCUT2D eigenvalue weighted by Gasteiger charge is 2.26. The molecule has 4 rings (SSSR count).